The molecule has 0 saturated heterocycles. The van der Waals surface area contributed by atoms with Crippen LogP contribution in [0.4, 0.5) is 0 Å². The maximum Gasteiger partial charge on any atom is 0.0164 e. The molecule has 0 amide bonds. The van der Waals surface area contributed by atoms with Gasteiger partial charge in [-0.05, 0) is 0 Å². The first-order valence-electron chi connectivity index (χ1n) is 2.36. The minimum atomic E-state index is 0. The van der Waals surface area contributed by atoms with Crippen molar-refractivity contribution < 1.29 is 19.5 Å². The maximum atomic E-state index is 5.58. The number of hydrogen-bond acceptors (Lipinski definition) is 0. The topological polar surface area (TPSA) is 0 Å². The van der Waals surface area contributed by atoms with Crippen LogP contribution in [0.5, 0.6) is 0 Å². The second-order valence-corrected chi connectivity index (χ2v) is 2.06. The third-order valence-electron chi connectivity index (χ3n) is 0.913. The van der Waals surface area contributed by atoms with Crippen LogP contribution in [0.1, 0.15) is 5.56 Å². The van der Waals surface area contributed by atoms with E-state index in [2.05, 4.69) is 6.92 Å². The van der Waals surface area contributed by atoms with Crippen molar-refractivity contribution in [3.63, 3.8) is 0 Å². The quantitative estimate of drug-likeness (QED) is 0.472. The fourth-order valence-electron chi connectivity index (χ4n) is 0.484. The zero-order chi connectivity index (χ0) is 5.98. The summed E-state index contributed by atoms with van der Waals surface area (Å²) in [5.74, 6) is 0. The number of benzene rings is 1. The molecule has 52 valence electrons. The first kappa shape index (κ1) is 12.9. The Morgan fingerprint density at radius 1 is 1.10 bits per heavy atom. The van der Waals surface area contributed by atoms with Gasteiger partial charge in [-0.2, -0.15) is 24.6 Å². The average molecular weight is 227 g/mol. The molecule has 0 saturated carbocycles. The third kappa shape index (κ3) is 4.16. The van der Waals surface area contributed by atoms with Gasteiger partial charge in [0.05, 0.1) is 0 Å². The standard InChI is InChI=1S/C7H6Cl.ClH.Zn/c1-6-2-4-7(8)5-3-6;;/h2-5H,1H2;1H;/q-1;;. The van der Waals surface area contributed by atoms with Crippen molar-refractivity contribution in [2.75, 3.05) is 0 Å². The molecular formula is C7H7Cl2Zn-. The Balaban J connectivity index is 0. The molecule has 0 radical (unpaired) electrons. The van der Waals surface area contributed by atoms with E-state index in [1.165, 1.54) is 0 Å². The van der Waals surface area contributed by atoms with Gasteiger partial charge in [-0.15, -0.1) is 12.4 Å². The molecule has 0 aromatic heterocycles. The predicted molar refractivity (Wildman–Crippen MR) is 43.2 cm³/mol. The SMILES string of the molecule is Cl.[CH2-]c1ccc(Cl)cc1.[Zn]. The van der Waals surface area contributed by atoms with E-state index in [0.29, 0.717) is 0 Å². The minimum Gasteiger partial charge on any atom is -0.199 e. The summed E-state index contributed by atoms with van der Waals surface area (Å²) in [6.07, 6.45) is 0. The van der Waals surface area contributed by atoms with E-state index in [9.17, 15) is 0 Å². The molecule has 0 fully saturated rings. The molecule has 1 aromatic carbocycles. The Labute approximate surface area is 85.1 Å². The predicted octanol–water partition coefficient (Wildman–Crippen LogP) is 2.94. The van der Waals surface area contributed by atoms with Crippen LogP contribution in [0, 0.1) is 6.92 Å². The molecule has 0 nitrogen and oxygen atoms in total. The summed E-state index contributed by atoms with van der Waals surface area (Å²) in [6, 6.07) is 7.40. The molecule has 0 bridgehead atoms. The van der Waals surface area contributed by atoms with Gasteiger partial charge in [0.1, 0.15) is 0 Å². The Bertz CT molecular complexity index is 150. The van der Waals surface area contributed by atoms with E-state index in [1.54, 1.807) is 0 Å². The van der Waals surface area contributed by atoms with Gasteiger partial charge in [0.25, 0.3) is 0 Å². The monoisotopic (exact) mass is 225 g/mol. The summed E-state index contributed by atoms with van der Waals surface area (Å²) < 4.78 is 0. The van der Waals surface area contributed by atoms with Crippen molar-refractivity contribution in [2.24, 2.45) is 0 Å². The summed E-state index contributed by atoms with van der Waals surface area (Å²) >= 11 is 5.58. The van der Waals surface area contributed by atoms with Gasteiger partial charge < -0.3 is 0 Å². The van der Waals surface area contributed by atoms with Crippen LogP contribution in [-0.4, -0.2) is 0 Å². The van der Waals surface area contributed by atoms with Gasteiger partial charge >= 0.3 is 0 Å². The van der Waals surface area contributed by atoms with Gasteiger partial charge in [-0.3, -0.25) is 0 Å². The smallest absolute Gasteiger partial charge is 0.0164 e. The third-order valence-corrected chi connectivity index (χ3v) is 1.17. The van der Waals surface area contributed by atoms with E-state index in [0.717, 1.165) is 10.6 Å². The zero-order valence-corrected chi connectivity index (χ0v) is 10.0. The van der Waals surface area contributed by atoms with Gasteiger partial charge in [0, 0.05) is 24.5 Å². The largest absolute Gasteiger partial charge is 0.199 e. The van der Waals surface area contributed by atoms with Gasteiger partial charge in [0.15, 0.2) is 0 Å². The van der Waals surface area contributed by atoms with Gasteiger partial charge in [-0.1, -0.05) is 23.7 Å². The Morgan fingerprint density at radius 3 is 1.80 bits per heavy atom. The molecule has 0 aliphatic heterocycles. The molecule has 1 rings (SSSR count). The summed E-state index contributed by atoms with van der Waals surface area (Å²) in [4.78, 5) is 0. The Kier molecular flexibility index (Phi) is 7.80. The van der Waals surface area contributed by atoms with E-state index in [1.807, 2.05) is 24.3 Å². The molecule has 0 aliphatic rings. The van der Waals surface area contributed by atoms with E-state index < -0.39 is 0 Å². The molecule has 1 aromatic rings. The summed E-state index contributed by atoms with van der Waals surface area (Å²) in [5, 5.41) is 0.761. The van der Waals surface area contributed by atoms with Crippen LogP contribution in [0.3, 0.4) is 0 Å². The summed E-state index contributed by atoms with van der Waals surface area (Å²) in [5.41, 5.74) is 0.995. The minimum absolute atomic E-state index is 0. The maximum absolute atomic E-state index is 5.58. The zero-order valence-electron chi connectivity index (χ0n) is 5.51. The molecule has 0 atom stereocenters. The van der Waals surface area contributed by atoms with Crippen LogP contribution < -0.4 is 0 Å². The average Bonchev–Trinajstić information content (AvgIpc) is 1.77. The second-order valence-electron chi connectivity index (χ2n) is 1.63. The fourth-order valence-corrected chi connectivity index (χ4v) is 0.610. The van der Waals surface area contributed by atoms with Crippen molar-refractivity contribution in [3.05, 3.63) is 41.8 Å². The van der Waals surface area contributed by atoms with E-state index >= 15 is 0 Å². The van der Waals surface area contributed by atoms with Gasteiger partial charge in [-0.25, -0.2) is 0 Å². The van der Waals surface area contributed by atoms with Gasteiger partial charge in [0.2, 0.25) is 0 Å². The van der Waals surface area contributed by atoms with Crippen molar-refractivity contribution in [3.8, 4) is 0 Å². The van der Waals surface area contributed by atoms with E-state index in [4.69, 9.17) is 11.6 Å². The number of rotatable bonds is 0. The number of halogens is 2. The Morgan fingerprint density at radius 2 is 1.50 bits per heavy atom. The molecular weight excluding hydrogens is 220 g/mol. The van der Waals surface area contributed by atoms with Crippen molar-refractivity contribution in [1.29, 1.82) is 0 Å². The first-order chi connectivity index (χ1) is 3.79. The Hall–Kier alpha value is 0.293. The van der Waals surface area contributed by atoms with E-state index in [-0.39, 0.29) is 31.9 Å². The molecule has 0 heterocycles. The van der Waals surface area contributed by atoms with Crippen LogP contribution in [-0.2, 0) is 19.5 Å². The molecule has 0 unspecified atom stereocenters. The second kappa shape index (κ2) is 6.03. The molecule has 0 aliphatic carbocycles. The fraction of sp³-hybridized carbons (Fsp3) is 0. The van der Waals surface area contributed by atoms with Crippen LogP contribution in [0.25, 0.3) is 0 Å². The van der Waals surface area contributed by atoms with Crippen molar-refractivity contribution in [1.82, 2.24) is 0 Å². The van der Waals surface area contributed by atoms with Crippen LogP contribution in [0.2, 0.25) is 5.02 Å². The van der Waals surface area contributed by atoms with Crippen LogP contribution in [0.15, 0.2) is 24.3 Å². The van der Waals surface area contributed by atoms with Crippen LogP contribution >= 0.6 is 24.0 Å². The normalized spacial score (nSPS) is 7.30. The molecule has 0 N–H and O–H groups in total. The van der Waals surface area contributed by atoms with Crippen molar-refractivity contribution >= 4 is 24.0 Å². The molecule has 10 heavy (non-hydrogen) atoms. The van der Waals surface area contributed by atoms with Crippen molar-refractivity contribution in [2.45, 2.75) is 0 Å². The molecule has 3 heteroatoms. The first-order valence-corrected chi connectivity index (χ1v) is 2.74. The summed E-state index contributed by atoms with van der Waals surface area (Å²) in [6.45, 7) is 3.70. The number of hydrogen-bond donors (Lipinski definition) is 0. The summed E-state index contributed by atoms with van der Waals surface area (Å²) in [7, 11) is 0. The molecule has 0 spiro atoms.